The Hall–Kier alpha value is -2.16. The van der Waals surface area contributed by atoms with Crippen LogP contribution in [0.15, 0.2) is 52.7 Å². The number of nitrogens with two attached hydrogens (primary N) is 1. The lowest BCUT2D eigenvalue weighted by Crippen LogP contribution is -1.87. The molecule has 0 atom stereocenters. The molecule has 20 heavy (non-hydrogen) atoms. The lowest BCUT2D eigenvalue weighted by Gasteiger charge is -2.04. The van der Waals surface area contributed by atoms with Crippen molar-refractivity contribution in [2.24, 2.45) is 10.2 Å². The average Bonchev–Trinajstić information content (AvgIpc) is 2.47. The standard InChI is InChI=1S/C17H21N3/c1-3-4-7-14-8-5-6-9-17(14)20-19-15-10-11-16(18)13(2)12-15/h5-6,8-12H,3-4,7,18H2,1-2H3. The van der Waals surface area contributed by atoms with Crippen LogP contribution in [-0.4, -0.2) is 0 Å². The Morgan fingerprint density at radius 1 is 1.05 bits per heavy atom. The van der Waals surface area contributed by atoms with Crippen LogP contribution in [0, 0.1) is 6.92 Å². The number of azo groups is 1. The molecule has 0 aliphatic carbocycles. The Balaban J connectivity index is 2.20. The van der Waals surface area contributed by atoms with Gasteiger partial charge in [0.15, 0.2) is 0 Å². The van der Waals surface area contributed by atoms with Gasteiger partial charge in [-0.25, -0.2) is 0 Å². The number of anilines is 1. The van der Waals surface area contributed by atoms with Crippen LogP contribution in [0.3, 0.4) is 0 Å². The van der Waals surface area contributed by atoms with Crippen molar-refractivity contribution in [2.45, 2.75) is 33.1 Å². The van der Waals surface area contributed by atoms with Gasteiger partial charge >= 0.3 is 0 Å². The zero-order valence-corrected chi connectivity index (χ0v) is 12.1. The van der Waals surface area contributed by atoms with E-state index in [0.29, 0.717) is 0 Å². The van der Waals surface area contributed by atoms with Crippen LogP contribution >= 0.6 is 0 Å². The summed E-state index contributed by atoms with van der Waals surface area (Å²) in [5.41, 5.74) is 10.7. The van der Waals surface area contributed by atoms with E-state index in [1.54, 1.807) is 0 Å². The smallest absolute Gasteiger partial charge is 0.0889 e. The molecule has 2 aromatic carbocycles. The molecule has 0 aliphatic heterocycles. The van der Waals surface area contributed by atoms with Gasteiger partial charge in [-0.15, -0.1) is 0 Å². The normalized spacial score (nSPS) is 11.1. The van der Waals surface area contributed by atoms with Crippen molar-refractivity contribution >= 4 is 17.1 Å². The van der Waals surface area contributed by atoms with Gasteiger partial charge in [0.2, 0.25) is 0 Å². The maximum atomic E-state index is 5.80. The van der Waals surface area contributed by atoms with E-state index in [1.165, 1.54) is 18.4 Å². The summed E-state index contributed by atoms with van der Waals surface area (Å²) in [6.45, 7) is 4.17. The number of rotatable bonds is 5. The second kappa shape index (κ2) is 6.85. The summed E-state index contributed by atoms with van der Waals surface area (Å²) in [5, 5.41) is 8.70. The lowest BCUT2D eigenvalue weighted by atomic mass is 10.1. The first-order valence-electron chi connectivity index (χ1n) is 7.06. The molecule has 0 radical (unpaired) electrons. The highest BCUT2D eigenvalue weighted by Crippen LogP contribution is 2.25. The highest BCUT2D eigenvalue weighted by molar-refractivity contribution is 5.54. The van der Waals surface area contributed by atoms with Gasteiger partial charge in [-0.05, 0) is 55.2 Å². The van der Waals surface area contributed by atoms with Gasteiger partial charge in [0, 0.05) is 5.69 Å². The van der Waals surface area contributed by atoms with E-state index < -0.39 is 0 Å². The molecule has 3 heteroatoms. The first kappa shape index (κ1) is 14.3. The molecule has 0 saturated heterocycles. The molecule has 0 aliphatic rings. The minimum atomic E-state index is 0.785. The number of hydrogen-bond donors (Lipinski definition) is 1. The summed E-state index contributed by atoms with van der Waals surface area (Å²) in [7, 11) is 0. The monoisotopic (exact) mass is 267 g/mol. The van der Waals surface area contributed by atoms with E-state index in [1.807, 2.05) is 37.3 Å². The Labute approximate surface area is 120 Å². The fourth-order valence-electron chi connectivity index (χ4n) is 2.02. The van der Waals surface area contributed by atoms with Crippen molar-refractivity contribution in [3.05, 3.63) is 53.6 Å². The van der Waals surface area contributed by atoms with Crippen LogP contribution in [-0.2, 0) is 6.42 Å². The Morgan fingerprint density at radius 2 is 1.85 bits per heavy atom. The largest absolute Gasteiger partial charge is 0.399 e. The summed E-state index contributed by atoms with van der Waals surface area (Å²) in [5.74, 6) is 0. The van der Waals surface area contributed by atoms with Crippen molar-refractivity contribution in [1.29, 1.82) is 0 Å². The van der Waals surface area contributed by atoms with Gasteiger partial charge in [0.1, 0.15) is 0 Å². The van der Waals surface area contributed by atoms with Crippen molar-refractivity contribution in [2.75, 3.05) is 5.73 Å². The second-order valence-corrected chi connectivity index (χ2v) is 4.97. The fraction of sp³-hybridized carbons (Fsp3) is 0.294. The first-order chi connectivity index (χ1) is 9.70. The minimum absolute atomic E-state index is 0.785. The third kappa shape index (κ3) is 3.67. The molecule has 2 N–H and O–H groups in total. The zero-order chi connectivity index (χ0) is 14.4. The van der Waals surface area contributed by atoms with Gasteiger partial charge < -0.3 is 5.73 Å². The van der Waals surface area contributed by atoms with Gasteiger partial charge in [0.25, 0.3) is 0 Å². The molecular weight excluding hydrogens is 246 g/mol. The lowest BCUT2D eigenvalue weighted by molar-refractivity contribution is 0.794. The number of aryl methyl sites for hydroxylation is 2. The van der Waals surface area contributed by atoms with Gasteiger partial charge in [-0.2, -0.15) is 10.2 Å². The molecule has 104 valence electrons. The van der Waals surface area contributed by atoms with Crippen LogP contribution in [0.25, 0.3) is 0 Å². The number of benzene rings is 2. The van der Waals surface area contributed by atoms with Crippen molar-refractivity contribution in [1.82, 2.24) is 0 Å². The molecule has 0 bridgehead atoms. The molecule has 0 unspecified atom stereocenters. The van der Waals surface area contributed by atoms with E-state index in [0.717, 1.165) is 29.0 Å². The number of nitrogen functional groups attached to an aromatic ring is 1. The van der Waals surface area contributed by atoms with Gasteiger partial charge in [-0.3, -0.25) is 0 Å². The quantitative estimate of drug-likeness (QED) is 0.577. The molecule has 0 heterocycles. The molecule has 3 nitrogen and oxygen atoms in total. The summed E-state index contributed by atoms with van der Waals surface area (Å²) < 4.78 is 0. The summed E-state index contributed by atoms with van der Waals surface area (Å²) in [6.07, 6.45) is 3.41. The molecule has 0 amide bonds. The molecule has 0 spiro atoms. The minimum Gasteiger partial charge on any atom is -0.399 e. The van der Waals surface area contributed by atoms with Crippen LogP contribution in [0.1, 0.15) is 30.9 Å². The topological polar surface area (TPSA) is 50.7 Å². The maximum absolute atomic E-state index is 5.80. The van der Waals surface area contributed by atoms with Crippen LogP contribution in [0.5, 0.6) is 0 Å². The Morgan fingerprint density at radius 3 is 2.60 bits per heavy atom. The fourth-order valence-corrected chi connectivity index (χ4v) is 2.02. The number of unbranched alkanes of at least 4 members (excludes halogenated alkanes) is 1. The van der Waals surface area contributed by atoms with Crippen LogP contribution < -0.4 is 5.73 Å². The molecule has 2 rings (SSSR count). The third-order valence-electron chi connectivity index (χ3n) is 3.32. The van der Waals surface area contributed by atoms with E-state index in [-0.39, 0.29) is 0 Å². The summed E-state index contributed by atoms with van der Waals surface area (Å²) >= 11 is 0. The predicted octanol–water partition coefficient (Wildman–Crippen LogP) is 5.34. The molecule has 2 aromatic rings. The van der Waals surface area contributed by atoms with E-state index >= 15 is 0 Å². The third-order valence-corrected chi connectivity index (χ3v) is 3.32. The van der Waals surface area contributed by atoms with Crippen molar-refractivity contribution in [3.8, 4) is 0 Å². The van der Waals surface area contributed by atoms with Gasteiger partial charge in [0.05, 0.1) is 11.4 Å². The molecule has 0 fully saturated rings. The average molecular weight is 267 g/mol. The van der Waals surface area contributed by atoms with Crippen LogP contribution in [0.2, 0.25) is 0 Å². The second-order valence-electron chi connectivity index (χ2n) is 4.97. The number of hydrogen-bond acceptors (Lipinski definition) is 3. The molecule has 0 saturated carbocycles. The Kier molecular flexibility index (Phi) is 4.88. The van der Waals surface area contributed by atoms with Gasteiger partial charge in [-0.1, -0.05) is 31.5 Å². The SMILES string of the molecule is CCCCc1ccccc1N=Nc1ccc(N)c(C)c1. The van der Waals surface area contributed by atoms with Crippen molar-refractivity contribution in [3.63, 3.8) is 0 Å². The van der Waals surface area contributed by atoms with Crippen LogP contribution in [0.4, 0.5) is 17.1 Å². The molecule has 0 aromatic heterocycles. The highest BCUT2D eigenvalue weighted by Gasteiger charge is 2.00. The Bertz CT molecular complexity index is 603. The van der Waals surface area contributed by atoms with E-state index in [2.05, 4.69) is 29.3 Å². The predicted molar refractivity (Wildman–Crippen MR) is 84.8 cm³/mol. The first-order valence-corrected chi connectivity index (χ1v) is 7.06. The van der Waals surface area contributed by atoms with E-state index in [4.69, 9.17) is 5.73 Å². The molecular formula is C17H21N3. The highest BCUT2D eigenvalue weighted by atomic mass is 15.1. The zero-order valence-electron chi connectivity index (χ0n) is 12.1. The summed E-state index contributed by atoms with van der Waals surface area (Å²) in [4.78, 5) is 0. The van der Waals surface area contributed by atoms with E-state index in [9.17, 15) is 0 Å². The number of nitrogens with zero attached hydrogens (tertiary/aromatic N) is 2. The summed E-state index contributed by atoms with van der Waals surface area (Å²) in [6, 6.07) is 13.9. The maximum Gasteiger partial charge on any atom is 0.0889 e. The van der Waals surface area contributed by atoms with Crippen molar-refractivity contribution < 1.29 is 0 Å².